The zero-order chi connectivity index (χ0) is 20.3. The molecule has 2 aromatic carbocycles. The van der Waals surface area contributed by atoms with Gasteiger partial charge in [-0.25, -0.2) is 4.98 Å². The van der Waals surface area contributed by atoms with Crippen molar-refractivity contribution in [2.24, 2.45) is 0 Å². The summed E-state index contributed by atoms with van der Waals surface area (Å²) in [4.78, 5) is 26.9. The Bertz CT molecular complexity index is 993. The number of halogens is 3. The summed E-state index contributed by atoms with van der Waals surface area (Å²) in [5.74, 6) is -1.53. The number of carbonyl (C=O) groups excluding carboxylic acids is 1. The Balaban J connectivity index is 1.69. The maximum Gasteiger partial charge on any atom is 0.416 e. The van der Waals surface area contributed by atoms with Crippen molar-refractivity contribution in [3.63, 3.8) is 0 Å². The van der Waals surface area contributed by atoms with E-state index in [0.717, 1.165) is 18.4 Å². The number of hydrogen-bond donors (Lipinski definition) is 2. The second-order valence-electron chi connectivity index (χ2n) is 5.83. The maximum atomic E-state index is 12.6. The summed E-state index contributed by atoms with van der Waals surface area (Å²) in [6, 6.07) is 10.4. The van der Waals surface area contributed by atoms with E-state index in [2.05, 4.69) is 10.3 Å². The maximum absolute atomic E-state index is 12.6. The molecule has 0 aliphatic rings. The van der Waals surface area contributed by atoms with Gasteiger partial charge in [0.2, 0.25) is 5.89 Å². The summed E-state index contributed by atoms with van der Waals surface area (Å²) in [7, 11) is 0. The lowest BCUT2D eigenvalue weighted by Gasteiger charge is -2.06. The first-order valence-corrected chi connectivity index (χ1v) is 7.97. The van der Waals surface area contributed by atoms with Gasteiger partial charge < -0.3 is 14.8 Å². The van der Waals surface area contributed by atoms with Crippen molar-refractivity contribution in [3.05, 3.63) is 71.6 Å². The van der Waals surface area contributed by atoms with Gasteiger partial charge in [0.1, 0.15) is 6.26 Å². The third-order valence-electron chi connectivity index (χ3n) is 3.76. The molecule has 1 aromatic heterocycles. The van der Waals surface area contributed by atoms with E-state index in [1.807, 2.05) is 0 Å². The molecule has 3 aromatic rings. The second-order valence-corrected chi connectivity index (χ2v) is 5.83. The molecule has 28 heavy (non-hydrogen) atoms. The minimum Gasteiger partial charge on any atom is -0.481 e. The zero-order valence-corrected chi connectivity index (χ0v) is 14.2. The summed E-state index contributed by atoms with van der Waals surface area (Å²) in [5, 5.41) is 11.3. The molecular weight excluding hydrogens is 377 g/mol. The van der Waals surface area contributed by atoms with Crippen LogP contribution in [0.1, 0.15) is 21.6 Å². The number of anilines is 1. The number of benzene rings is 2. The average Bonchev–Trinajstić information content (AvgIpc) is 3.13. The molecule has 0 spiro atoms. The SMILES string of the molecule is O=C(O)Cc1ccc(NC(=O)c2coc(-c3ccc(C(F)(F)F)cc3)n2)cc1. The highest BCUT2D eigenvalue weighted by Crippen LogP contribution is 2.30. The van der Waals surface area contributed by atoms with Gasteiger partial charge in [0.05, 0.1) is 12.0 Å². The van der Waals surface area contributed by atoms with Crippen LogP contribution in [0.4, 0.5) is 18.9 Å². The van der Waals surface area contributed by atoms with E-state index in [1.165, 1.54) is 12.1 Å². The van der Waals surface area contributed by atoms with E-state index >= 15 is 0 Å². The van der Waals surface area contributed by atoms with E-state index in [-0.39, 0.29) is 18.0 Å². The van der Waals surface area contributed by atoms with Crippen LogP contribution in [0.25, 0.3) is 11.5 Å². The van der Waals surface area contributed by atoms with Crippen LogP contribution in [0.5, 0.6) is 0 Å². The van der Waals surface area contributed by atoms with Gasteiger partial charge in [0.15, 0.2) is 5.69 Å². The molecule has 0 aliphatic heterocycles. The number of hydrogen-bond acceptors (Lipinski definition) is 4. The number of nitrogens with zero attached hydrogens (tertiary/aromatic N) is 1. The van der Waals surface area contributed by atoms with Gasteiger partial charge in [-0.2, -0.15) is 13.2 Å². The Labute approximate surface area is 156 Å². The van der Waals surface area contributed by atoms with Crippen LogP contribution in [0.15, 0.2) is 59.2 Å². The van der Waals surface area contributed by atoms with Gasteiger partial charge in [-0.3, -0.25) is 9.59 Å². The van der Waals surface area contributed by atoms with Crippen LogP contribution in [-0.4, -0.2) is 22.0 Å². The number of carboxylic acids is 1. The van der Waals surface area contributed by atoms with Gasteiger partial charge in [-0.05, 0) is 42.0 Å². The predicted octanol–water partition coefficient (Wildman–Crippen LogP) is 4.24. The predicted molar refractivity (Wildman–Crippen MR) is 92.7 cm³/mol. The molecule has 0 aliphatic carbocycles. The highest BCUT2D eigenvalue weighted by atomic mass is 19.4. The number of amides is 1. The fourth-order valence-electron chi connectivity index (χ4n) is 2.39. The smallest absolute Gasteiger partial charge is 0.416 e. The van der Waals surface area contributed by atoms with Crippen molar-refractivity contribution >= 4 is 17.6 Å². The van der Waals surface area contributed by atoms with E-state index in [0.29, 0.717) is 16.8 Å². The van der Waals surface area contributed by atoms with Gasteiger partial charge in [0.25, 0.3) is 5.91 Å². The summed E-state index contributed by atoms with van der Waals surface area (Å²) in [6.45, 7) is 0. The van der Waals surface area contributed by atoms with Gasteiger partial charge in [0, 0.05) is 11.3 Å². The quantitative estimate of drug-likeness (QED) is 0.680. The minimum absolute atomic E-state index is 0.00989. The van der Waals surface area contributed by atoms with E-state index in [1.54, 1.807) is 24.3 Å². The lowest BCUT2D eigenvalue weighted by atomic mass is 10.1. The van der Waals surface area contributed by atoms with E-state index in [9.17, 15) is 22.8 Å². The van der Waals surface area contributed by atoms with Crippen molar-refractivity contribution in [2.45, 2.75) is 12.6 Å². The fourth-order valence-corrected chi connectivity index (χ4v) is 2.39. The molecule has 2 N–H and O–H groups in total. The molecular formula is C19H13F3N2O4. The minimum atomic E-state index is -4.44. The third kappa shape index (κ3) is 4.56. The molecule has 1 amide bonds. The van der Waals surface area contributed by atoms with Crippen LogP contribution in [-0.2, 0) is 17.4 Å². The Morgan fingerprint density at radius 2 is 1.68 bits per heavy atom. The lowest BCUT2D eigenvalue weighted by molar-refractivity contribution is -0.138. The summed E-state index contributed by atoms with van der Waals surface area (Å²) < 4.78 is 43.0. The van der Waals surface area contributed by atoms with Crippen LogP contribution >= 0.6 is 0 Å². The van der Waals surface area contributed by atoms with Crippen molar-refractivity contribution in [1.82, 2.24) is 4.98 Å². The topological polar surface area (TPSA) is 92.4 Å². The number of nitrogens with one attached hydrogen (secondary N) is 1. The molecule has 0 saturated heterocycles. The first kappa shape index (κ1) is 19.2. The molecule has 0 radical (unpaired) electrons. The first-order chi connectivity index (χ1) is 13.2. The molecule has 0 bridgehead atoms. The standard InChI is InChI=1S/C19H13F3N2O4/c20-19(21,22)13-5-3-12(4-6-13)18-24-15(10-28-18)17(27)23-14-7-1-11(2-8-14)9-16(25)26/h1-8,10H,9H2,(H,23,27)(H,25,26). The largest absolute Gasteiger partial charge is 0.481 e. The molecule has 0 unspecified atom stereocenters. The van der Waals surface area contributed by atoms with E-state index < -0.39 is 23.6 Å². The number of oxazole rings is 1. The van der Waals surface area contributed by atoms with Gasteiger partial charge >= 0.3 is 12.1 Å². The van der Waals surface area contributed by atoms with Crippen molar-refractivity contribution < 1.29 is 32.3 Å². The van der Waals surface area contributed by atoms with Crippen LogP contribution in [0.2, 0.25) is 0 Å². The number of rotatable bonds is 5. The van der Waals surface area contributed by atoms with Crippen molar-refractivity contribution in [2.75, 3.05) is 5.32 Å². The normalized spacial score (nSPS) is 11.2. The number of aliphatic carboxylic acids is 1. The Hall–Kier alpha value is -3.62. The average molecular weight is 390 g/mol. The molecule has 144 valence electrons. The summed E-state index contributed by atoms with van der Waals surface area (Å²) in [5.41, 5.74) is 0.455. The molecule has 6 nitrogen and oxygen atoms in total. The fraction of sp³-hybridized carbons (Fsp3) is 0.105. The Kier molecular flexibility index (Phi) is 5.16. The second kappa shape index (κ2) is 7.55. The van der Waals surface area contributed by atoms with Gasteiger partial charge in [-0.1, -0.05) is 12.1 Å². The molecule has 1 heterocycles. The van der Waals surface area contributed by atoms with Gasteiger partial charge in [-0.15, -0.1) is 0 Å². The van der Waals surface area contributed by atoms with Crippen molar-refractivity contribution in [1.29, 1.82) is 0 Å². The Morgan fingerprint density at radius 1 is 1.04 bits per heavy atom. The highest BCUT2D eigenvalue weighted by molar-refractivity contribution is 6.02. The van der Waals surface area contributed by atoms with Crippen LogP contribution in [0, 0.1) is 0 Å². The summed E-state index contributed by atoms with van der Waals surface area (Å²) >= 11 is 0. The number of aromatic nitrogens is 1. The zero-order valence-electron chi connectivity index (χ0n) is 14.2. The van der Waals surface area contributed by atoms with Crippen molar-refractivity contribution in [3.8, 4) is 11.5 Å². The van der Waals surface area contributed by atoms with Crippen LogP contribution < -0.4 is 5.32 Å². The molecule has 0 atom stereocenters. The third-order valence-corrected chi connectivity index (χ3v) is 3.76. The monoisotopic (exact) mass is 390 g/mol. The van der Waals surface area contributed by atoms with Crippen LogP contribution in [0.3, 0.4) is 0 Å². The number of carbonyl (C=O) groups is 2. The first-order valence-electron chi connectivity index (χ1n) is 7.97. The van der Waals surface area contributed by atoms with E-state index in [4.69, 9.17) is 9.52 Å². The highest BCUT2D eigenvalue weighted by Gasteiger charge is 2.30. The molecule has 9 heteroatoms. The number of alkyl halides is 3. The molecule has 0 saturated carbocycles. The number of carboxylic acid groups (broad SMARTS) is 1. The Morgan fingerprint density at radius 3 is 2.25 bits per heavy atom. The lowest BCUT2D eigenvalue weighted by Crippen LogP contribution is -2.12. The summed E-state index contributed by atoms with van der Waals surface area (Å²) in [6.07, 6.45) is -3.48. The molecule has 0 fully saturated rings. The molecule has 3 rings (SSSR count).